The van der Waals surface area contributed by atoms with Crippen LogP contribution in [-0.2, 0) is 11.3 Å². The largest absolute Gasteiger partial charge is 0.491 e. The summed E-state index contributed by atoms with van der Waals surface area (Å²) >= 11 is 3.39. The minimum absolute atomic E-state index is 0.000191. The van der Waals surface area contributed by atoms with Gasteiger partial charge in [0.25, 0.3) is 0 Å². The fourth-order valence-electron chi connectivity index (χ4n) is 2.79. The van der Waals surface area contributed by atoms with Crippen molar-refractivity contribution < 1.29 is 19.0 Å². The summed E-state index contributed by atoms with van der Waals surface area (Å²) in [5.74, 6) is 0.946. The molecule has 0 unspecified atom stereocenters. The van der Waals surface area contributed by atoms with Gasteiger partial charge in [-0.3, -0.25) is 0 Å². The van der Waals surface area contributed by atoms with Crippen LogP contribution in [0.4, 0.5) is 0 Å². The molecule has 148 valence electrons. The predicted octanol–water partition coefficient (Wildman–Crippen LogP) is 5.86. The van der Waals surface area contributed by atoms with Crippen molar-refractivity contribution in [2.75, 3.05) is 0 Å². The lowest BCUT2D eigenvalue weighted by Crippen LogP contribution is -2.08. The summed E-state index contributed by atoms with van der Waals surface area (Å²) in [7, 11) is 0. The molecule has 0 radical (unpaired) electrons. The molecule has 0 fully saturated rings. The second-order valence-electron chi connectivity index (χ2n) is 7.10. The molecular formula is C22H24BrNO4. The maximum atomic E-state index is 12.5. The minimum Gasteiger partial charge on any atom is -0.491 e. The number of halogens is 1. The van der Waals surface area contributed by atoms with Crippen molar-refractivity contribution in [3.63, 3.8) is 0 Å². The molecule has 5 nitrogen and oxygen atoms in total. The zero-order valence-electron chi connectivity index (χ0n) is 16.4. The molecule has 0 spiro atoms. The Morgan fingerprint density at radius 2 is 1.68 bits per heavy atom. The lowest BCUT2D eigenvalue weighted by Gasteiger charge is -2.14. The molecule has 0 amide bonds. The highest BCUT2D eigenvalue weighted by molar-refractivity contribution is 9.10. The Morgan fingerprint density at radius 3 is 2.32 bits per heavy atom. The summed E-state index contributed by atoms with van der Waals surface area (Å²) in [6.07, 6.45) is 0.0369. The van der Waals surface area contributed by atoms with Gasteiger partial charge < -0.3 is 19.2 Å². The van der Waals surface area contributed by atoms with E-state index in [2.05, 4.69) is 20.9 Å². The monoisotopic (exact) mass is 445 g/mol. The van der Waals surface area contributed by atoms with Gasteiger partial charge in [0.1, 0.15) is 23.8 Å². The average molecular weight is 446 g/mol. The van der Waals surface area contributed by atoms with Gasteiger partial charge >= 0.3 is 5.97 Å². The fraction of sp³-hybridized carbons (Fsp3) is 0.318. The molecule has 28 heavy (non-hydrogen) atoms. The summed E-state index contributed by atoms with van der Waals surface area (Å²) in [4.78, 5) is 15.6. The van der Waals surface area contributed by atoms with E-state index in [4.69, 9.17) is 14.2 Å². The van der Waals surface area contributed by atoms with Crippen molar-refractivity contribution in [1.29, 1.82) is 0 Å². The van der Waals surface area contributed by atoms with Crippen molar-refractivity contribution in [2.24, 2.45) is 0 Å². The Bertz CT molecular complexity index is 961. The van der Waals surface area contributed by atoms with Gasteiger partial charge in [0.15, 0.2) is 0 Å². The van der Waals surface area contributed by atoms with E-state index in [1.165, 1.54) is 0 Å². The van der Waals surface area contributed by atoms with Gasteiger partial charge in [0.05, 0.1) is 17.7 Å². The van der Waals surface area contributed by atoms with Crippen LogP contribution in [0, 0.1) is 0 Å². The molecule has 1 aromatic heterocycles. The van der Waals surface area contributed by atoms with Crippen LogP contribution in [0.15, 0.2) is 46.9 Å². The fourth-order valence-corrected chi connectivity index (χ4v) is 3.05. The maximum absolute atomic E-state index is 12.5. The number of fused-ring (bicyclic) bond motifs is 1. The molecule has 0 saturated carbocycles. The van der Waals surface area contributed by atoms with Crippen LogP contribution in [0.1, 0.15) is 43.7 Å². The second kappa shape index (κ2) is 8.69. The number of benzene rings is 2. The van der Waals surface area contributed by atoms with E-state index in [-0.39, 0.29) is 18.8 Å². The van der Waals surface area contributed by atoms with Crippen molar-refractivity contribution in [3.05, 3.63) is 58.2 Å². The average Bonchev–Trinajstić information content (AvgIpc) is 3.04. The lowest BCUT2D eigenvalue weighted by atomic mass is 10.2. The molecule has 0 aliphatic carbocycles. The molecule has 1 N–H and O–H groups in total. The van der Waals surface area contributed by atoms with E-state index in [1.807, 2.05) is 64.1 Å². The number of aromatic amines is 1. The van der Waals surface area contributed by atoms with Crippen LogP contribution in [0.2, 0.25) is 0 Å². The van der Waals surface area contributed by atoms with Crippen molar-refractivity contribution in [1.82, 2.24) is 4.98 Å². The van der Waals surface area contributed by atoms with Crippen LogP contribution in [0.25, 0.3) is 10.9 Å². The first-order chi connectivity index (χ1) is 13.3. The van der Waals surface area contributed by atoms with Gasteiger partial charge in [0.2, 0.25) is 0 Å². The normalized spacial score (nSPS) is 11.2. The summed E-state index contributed by atoms with van der Waals surface area (Å²) < 4.78 is 18.2. The van der Waals surface area contributed by atoms with Gasteiger partial charge in [-0.2, -0.15) is 0 Å². The number of aromatic nitrogens is 1. The number of ether oxygens (including phenoxy) is 3. The highest BCUT2D eigenvalue weighted by atomic mass is 79.9. The summed E-state index contributed by atoms with van der Waals surface area (Å²) in [6, 6.07) is 13.1. The number of esters is 1. The first-order valence-corrected chi connectivity index (χ1v) is 10.0. The van der Waals surface area contributed by atoms with Gasteiger partial charge in [-0.1, -0.05) is 28.1 Å². The molecule has 0 aliphatic heterocycles. The van der Waals surface area contributed by atoms with Crippen molar-refractivity contribution in [3.8, 4) is 11.5 Å². The highest BCUT2D eigenvalue weighted by Gasteiger charge is 2.16. The number of hydrogen-bond acceptors (Lipinski definition) is 4. The van der Waals surface area contributed by atoms with Gasteiger partial charge in [0, 0.05) is 22.0 Å². The lowest BCUT2D eigenvalue weighted by molar-refractivity contribution is 0.0467. The standard InChI is InChI=1S/C22H24BrNO4/c1-13(2)27-17-9-19-18(21(10-17)28-14(3)4)11-20(24-19)22(25)26-12-15-5-7-16(23)8-6-15/h5-11,13-14,24H,12H2,1-4H3. The summed E-state index contributed by atoms with van der Waals surface area (Å²) in [5.41, 5.74) is 2.07. The van der Waals surface area contributed by atoms with Crippen LogP contribution in [0.3, 0.4) is 0 Å². The van der Waals surface area contributed by atoms with E-state index < -0.39 is 5.97 Å². The molecule has 0 bridgehead atoms. The molecule has 1 heterocycles. The Kier molecular flexibility index (Phi) is 6.29. The number of rotatable bonds is 7. The number of H-pyrrole nitrogens is 1. The predicted molar refractivity (Wildman–Crippen MR) is 113 cm³/mol. The Labute approximate surface area is 173 Å². The molecule has 3 rings (SSSR count). The van der Waals surface area contributed by atoms with Gasteiger partial charge in [-0.25, -0.2) is 4.79 Å². The van der Waals surface area contributed by atoms with Gasteiger partial charge in [-0.15, -0.1) is 0 Å². The molecule has 2 aromatic carbocycles. The first-order valence-electron chi connectivity index (χ1n) is 9.23. The molecule has 3 aromatic rings. The molecule has 0 saturated heterocycles. The van der Waals surface area contributed by atoms with E-state index in [0.717, 1.165) is 20.9 Å². The zero-order chi connectivity index (χ0) is 20.3. The minimum atomic E-state index is -0.416. The van der Waals surface area contributed by atoms with Crippen LogP contribution in [-0.4, -0.2) is 23.2 Å². The molecule has 0 aliphatic rings. The molecule has 0 atom stereocenters. The molecule has 6 heteroatoms. The third kappa shape index (κ3) is 5.07. The Morgan fingerprint density at radius 1 is 1.00 bits per heavy atom. The smallest absolute Gasteiger partial charge is 0.355 e. The van der Waals surface area contributed by atoms with Crippen LogP contribution < -0.4 is 9.47 Å². The second-order valence-corrected chi connectivity index (χ2v) is 8.02. The quantitative estimate of drug-likeness (QED) is 0.462. The van der Waals surface area contributed by atoms with Gasteiger partial charge in [-0.05, 0) is 51.5 Å². The number of carbonyl (C=O) groups excluding carboxylic acids is 1. The maximum Gasteiger partial charge on any atom is 0.355 e. The van der Waals surface area contributed by atoms with Crippen molar-refractivity contribution >= 4 is 32.8 Å². The number of hydrogen-bond donors (Lipinski definition) is 1. The van der Waals surface area contributed by atoms with Crippen LogP contribution in [0.5, 0.6) is 11.5 Å². The number of carbonyl (C=O) groups is 1. The van der Waals surface area contributed by atoms with Crippen LogP contribution >= 0.6 is 15.9 Å². The molecular weight excluding hydrogens is 422 g/mol. The third-order valence-corrected chi connectivity index (χ3v) is 4.44. The first kappa shape index (κ1) is 20.3. The Hall–Kier alpha value is -2.47. The topological polar surface area (TPSA) is 60.6 Å². The SMILES string of the molecule is CC(C)Oc1cc(OC(C)C)c2cc(C(=O)OCc3ccc(Br)cc3)[nH]c2c1. The van der Waals surface area contributed by atoms with E-state index in [0.29, 0.717) is 17.2 Å². The van der Waals surface area contributed by atoms with E-state index in [9.17, 15) is 4.79 Å². The summed E-state index contributed by atoms with van der Waals surface area (Å²) in [6.45, 7) is 8.06. The van der Waals surface area contributed by atoms with Crippen molar-refractivity contribution in [2.45, 2.75) is 46.5 Å². The third-order valence-electron chi connectivity index (χ3n) is 3.91. The summed E-state index contributed by atoms with van der Waals surface area (Å²) in [5, 5.41) is 0.820. The highest BCUT2D eigenvalue weighted by Crippen LogP contribution is 2.33. The zero-order valence-corrected chi connectivity index (χ0v) is 18.0. The van der Waals surface area contributed by atoms with E-state index in [1.54, 1.807) is 6.07 Å². The Balaban J connectivity index is 1.84. The van der Waals surface area contributed by atoms with E-state index >= 15 is 0 Å². The number of nitrogens with one attached hydrogen (secondary N) is 1.